The number of nitrogens with one attached hydrogen (secondary N) is 1. The van der Waals surface area contributed by atoms with Gasteiger partial charge in [-0.25, -0.2) is 0 Å². The van der Waals surface area contributed by atoms with Crippen LogP contribution >= 0.6 is 0 Å². The first-order valence-corrected chi connectivity index (χ1v) is 7.44. The monoisotopic (exact) mass is 286 g/mol. The molecule has 0 spiro atoms. The number of para-hydroxylation sites is 1. The molecule has 1 aliphatic heterocycles. The Hall–Kier alpha value is -2.58. The van der Waals surface area contributed by atoms with Gasteiger partial charge in [0.05, 0.1) is 0 Å². The molecule has 108 valence electrons. The van der Waals surface area contributed by atoms with Crippen molar-refractivity contribution >= 4 is 5.69 Å². The Kier molecular flexibility index (Phi) is 2.81. The maximum Gasteiger partial charge on any atom is 0.0418 e. The lowest BCUT2D eigenvalue weighted by atomic mass is 9.82. The first-order valence-electron chi connectivity index (χ1n) is 7.44. The van der Waals surface area contributed by atoms with Gasteiger partial charge in [0.25, 0.3) is 0 Å². The maximum atomic E-state index is 13.8. The number of hydrogen-bond donors (Lipinski definition) is 1. The quantitative estimate of drug-likeness (QED) is 0.741. The molecule has 0 aliphatic carbocycles. The second-order valence-corrected chi connectivity index (χ2v) is 5.71. The molecule has 3 aromatic carbocycles. The summed E-state index contributed by atoms with van der Waals surface area (Å²) in [4.78, 5) is 0. The van der Waals surface area contributed by atoms with Gasteiger partial charge < -0.3 is 10.4 Å². The minimum Gasteiger partial charge on any atom is -0.827 e. The summed E-state index contributed by atoms with van der Waals surface area (Å²) >= 11 is 0. The van der Waals surface area contributed by atoms with Crippen LogP contribution in [-0.2, 0) is 5.72 Å². The lowest BCUT2D eigenvalue weighted by molar-refractivity contribution is -0.460. The van der Waals surface area contributed by atoms with Crippen LogP contribution in [0.2, 0.25) is 0 Å². The molecule has 1 atom stereocenters. The molecule has 4 rings (SSSR count). The highest BCUT2D eigenvalue weighted by Crippen LogP contribution is 2.44. The summed E-state index contributed by atoms with van der Waals surface area (Å²) in [6.45, 7) is 1.99. The van der Waals surface area contributed by atoms with Crippen LogP contribution in [0.3, 0.4) is 0 Å². The number of benzene rings is 3. The van der Waals surface area contributed by atoms with Crippen LogP contribution in [0.1, 0.15) is 16.7 Å². The van der Waals surface area contributed by atoms with Gasteiger partial charge in [-0.15, -0.1) is 0 Å². The van der Waals surface area contributed by atoms with Crippen molar-refractivity contribution in [3.8, 4) is 11.1 Å². The molecule has 1 N–H and O–H groups in total. The van der Waals surface area contributed by atoms with E-state index in [2.05, 4.69) is 11.4 Å². The predicted molar refractivity (Wildman–Crippen MR) is 87.5 cm³/mol. The van der Waals surface area contributed by atoms with E-state index >= 15 is 0 Å². The third kappa shape index (κ3) is 1.78. The third-order valence-corrected chi connectivity index (χ3v) is 4.36. The van der Waals surface area contributed by atoms with Crippen LogP contribution < -0.4 is 10.4 Å². The Bertz CT molecular complexity index is 856. The molecule has 0 bridgehead atoms. The highest BCUT2D eigenvalue weighted by atomic mass is 16.3. The highest BCUT2D eigenvalue weighted by molar-refractivity contribution is 5.85. The fourth-order valence-electron chi connectivity index (χ4n) is 3.29. The van der Waals surface area contributed by atoms with Crippen LogP contribution in [0, 0.1) is 6.92 Å². The molecular weight excluding hydrogens is 270 g/mol. The molecule has 1 aliphatic rings. The van der Waals surface area contributed by atoms with E-state index in [0.29, 0.717) is 0 Å². The molecule has 3 aromatic rings. The summed E-state index contributed by atoms with van der Waals surface area (Å²) in [5, 5.41) is 17.0. The molecule has 2 heteroatoms. The van der Waals surface area contributed by atoms with E-state index in [0.717, 1.165) is 33.5 Å². The normalized spacial score (nSPS) is 19.0. The summed E-state index contributed by atoms with van der Waals surface area (Å²) in [6, 6.07) is 23.6. The zero-order chi connectivity index (χ0) is 15.2. The Morgan fingerprint density at radius 2 is 1.32 bits per heavy atom. The molecule has 0 saturated heterocycles. The van der Waals surface area contributed by atoms with E-state index in [4.69, 9.17) is 0 Å². The number of anilines is 1. The summed E-state index contributed by atoms with van der Waals surface area (Å²) in [5.74, 6) is 0. The molecule has 0 amide bonds. The zero-order valence-corrected chi connectivity index (χ0v) is 12.3. The van der Waals surface area contributed by atoms with Gasteiger partial charge >= 0.3 is 0 Å². The van der Waals surface area contributed by atoms with Crippen LogP contribution in [0.4, 0.5) is 5.69 Å². The summed E-state index contributed by atoms with van der Waals surface area (Å²) < 4.78 is 0. The molecular formula is C20H16NO-. The lowest BCUT2D eigenvalue weighted by Gasteiger charge is -2.48. The smallest absolute Gasteiger partial charge is 0.0418 e. The van der Waals surface area contributed by atoms with Crippen molar-refractivity contribution < 1.29 is 5.11 Å². The van der Waals surface area contributed by atoms with E-state index in [1.54, 1.807) is 0 Å². The fourth-order valence-corrected chi connectivity index (χ4v) is 3.29. The molecule has 1 heterocycles. The second kappa shape index (κ2) is 4.72. The predicted octanol–water partition coefficient (Wildman–Crippen LogP) is 3.65. The van der Waals surface area contributed by atoms with Gasteiger partial charge in [0.15, 0.2) is 0 Å². The number of hydrogen-bond acceptors (Lipinski definition) is 2. The van der Waals surface area contributed by atoms with Gasteiger partial charge in [0.2, 0.25) is 0 Å². The van der Waals surface area contributed by atoms with Crippen molar-refractivity contribution in [2.75, 3.05) is 5.32 Å². The number of aryl methyl sites for hydroxylation is 1. The summed E-state index contributed by atoms with van der Waals surface area (Å²) in [7, 11) is 0. The zero-order valence-electron chi connectivity index (χ0n) is 12.3. The van der Waals surface area contributed by atoms with Crippen LogP contribution in [0.15, 0.2) is 72.8 Å². The molecule has 0 fully saturated rings. The Balaban J connectivity index is 2.02. The highest BCUT2D eigenvalue weighted by Gasteiger charge is 2.30. The fraction of sp³-hybridized carbons (Fsp3) is 0.100. The van der Waals surface area contributed by atoms with E-state index in [9.17, 15) is 5.11 Å². The van der Waals surface area contributed by atoms with E-state index in [-0.39, 0.29) is 0 Å². The largest absolute Gasteiger partial charge is 0.827 e. The van der Waals surface area contributed by atoms with Crippen molar-refractivity contribution in [1.29, 1.82) is 0 Å². The van der Waals surface area contributed by atoms with Crippen LogP contribution in [-0.4, -0.2) is 0 Å². The van der Waals surface area contributed by atoms with Gasteiger partial charge in [-0.1, -0.05) is 66.7 Å². The lowest BCUT2D eigenvalue weighted by Crippen LogP contribution is -2.51. The van der Waals surface area contributed by atoms with Crippen molar-refractivity contribution in [1.82, 2.24) is 0 Å². The second-order valence-electron chi connectivity index (χ2n) is 5.71. The van der Waals surface area contributed by atoms with E-state index in [1.165, 1.54) is 0 Å². The van der Waals surface area contributed by atoms with Crippen LogP contribution in [0.25, 0.3) is 11.1 Å². The SMILES string of the molecule is Cc1ccccc1C1([O-])Nc2ccccc2-c2ccccc21. The topological polar surface area (TPSA) is 35.1 Å². The van der Waals surface area contributed by atoms with Crippen molar-refractivity contribution in [3.63, 3.8) is 0 Å². The Morgan fingerprint density at radius 1 is 0.727 bits per heavy atom. The maximum absolute atomic E-state index is 13.8. The first kappa shape index (κ1) is 13.1. The van der Waals surface area contributed by atoms with Gasteiger partial charge in [-0.3, -0.25) is 0 Å². The summed E-state index contributed by atoms with van der Waals surface area (Å²) in [5.41, 5.74) is 4.07. The molecule has 2 nitrogen and oxygen atoms in total. The minimum absolute atomic E-state index is 0.775. The molecule has 1 unspecified atom stereocenters. The van der Waals surface area contributed by atoms with Crippen molar-refractivity contribution in [3.05, 3.63) is 89.5 Å². The standard InChI is InChI=1S/C20H16NO/c1-14-8-2-5-11-17(14)20(22)18-12-6-3-9-15(18)16-10-4-7-13-19(16)21-20/h2-13,21H,1H3/q-1. The summed E-state index contributed by atoms with van der Waals surface area (Å²) in [6.07, 6.45) is 0. The van der Waals surface area contributed by atoms with Crippen LogP contribution in [0.5, 0.6) is 0 Å². The third-order valence-electron chi connectivity index (χ3n) is 4.36. The number of fused-ring (bicyclic) bond motifs is 3. The van der Waals surface area contributed by atoms with Crippen molar-refractivity contribution in [2.24, 2.45) is 0 Å². The molecule has 0 aromatic heterocycles. The van der Waals surface area contributed by atoms with Gasteiger partial charge in [0.1, 0.15) is 0 Å². The minimum atomic E-state index is -1.46. The van der Waals surface area contributed by atoms with E-state index in [1.807, 2.05) is 73.7 Å². The molecule has 0 saturated carbocycles. The average molecular weight is 286 g/mol. The Morgan fingerprint density at radius 3 is 2.09 bits per heavy atom. The van der Waals surface area contributed by atoms with Crippen molar-refractivity contribution in [2.45, 2.75) is 12.6 Å². The Labute approximate surface area is 130 Å². The molecule has 22 heavy (non-hydrogen) atoms. The van der Waals surface area contributed by atoms with Gasteiger partial charge in [0, 0.05) is 17.0 Å². The average Bonchev–Trinajstić information content (AvgIpc) is 2.55. The molecule has 0 radical (unpaired) electrons. The first-order chi connectivity index (χ1) is 10.7. The van der Waals surface area contributed by atoms with Gasteiger partial charge in [-0.2, -0.15) is 0 Å². The number of rotatable bonds is 1. The van der Waals surface area contributed by atoms with E-state index < -0.39 is 5.72 Å². The van der Waals surface area contributed by atoms with Gasteiger partial charge in [-0.05, 0) is 35.2 Å².